The van der Waals surface area contributed by atoms with Crippen molar-refractivity contribution in [2.45, 2.75) is 20.4 Å². The molecule has 1 N–H and O–H groups in total. The van der Waals surface area contributed by atoms with Gasteiger partial charge in [0.1, 0.15) is 0 Å². The van der Waals surface area contributed by atoms with Gasteiger partial charge in [-0.2, -0.15) is 0 Å². The number of fused-ring (bicyclic) bond motifs is 1. The Morgan fingerprint density at radius 3 is 2.88 bits per heavy atom. The molecule has 0 bridgehead atoms. The van der Waals surface area contributed by atoms with E-state index >= 15 is 0 Å². The predicted molar refractivity (Wildman–Crippen MR) is 68.1 cm³/mol. The maximum absolute atomic E-state index is 10.7. The lowest BCUT2D eigenvalue weighted by atomic mass is 10.2. The van der Waals surface area contributed by atoms with Crippen molar-refractivity contribution in [1.82, 2.24) is 4.57 Å². The zero-order valence-electron chi connectivity index (χ0n) is 9.97. The number of carbonyl (C=O) groups is 1. The van der Waals surface area contributed by atoms with E-state index in [-0.39, 0.29) is 0 Å². The second-order valence-electron chi connectivity index (χ2n) is 4.22. The molecule has 3 nitrogen and oxygen atoms in total. The van der Waals surface area contributed by atoms with Gasteiger partial charge in [-0.1, -0.05) is 18.2 Å². The number of carboxylic acids is 1. The molecular formula is C14H15NO2. The lowest BCUT2D eigenvalue weighted by molar-refractivity contribution is -0.132. The van der Waals surface area contributed by atoms with Crippen molar-refractivity contribution in [1.29, 1.82) is 0 Å². The first kappa shape index (κ1) is 11.5. The zero-order chi connectivity index (χ0) is 12.4. The predicted octanol–water partition coefficient (Wildman–Crippen LogP) is 2.98. The fourth-order valence-electron chi connectivity index (χ4n) is 1.78. The largest absolute Gasteiger partial charge is 0.478 e. The highest BCUT2D eigenvalue weighted by atomic mass is 16.4. The number of allylic oxidation sites excluding steroid dienone is 1. The van der Waals surface area contributed by atoms with Crippen LogP contribution in [0.5, 0.6) is 0 Å². The summed E-state index contributed by atoms with van der Waals surface area (Å²) < 4.78 is 2.05. The van der Waals surface area contributed by atoms with E-state index in [1.807, 2.05) is 12.3 Å². The van der Waals surface area contributed by atoms with Gasteiger partial charge in [-0.05, 0) is 36.9 Å². The number of aliphatic carboxylic acids is 1. The molecule has 0 aliphatic carbocycles. The van der Waals surface area contributed by atoms with E-state index in [1.54, 1.807) is 13.0 Å². The highest BCUT2D eigenvalue weighted by molar-refractivity contribution is 5.86. The summed E-state index contributed by atoms with van der Waals surface area (Å²) in [6.07, 6.45) is 3.71. The summed E-state index contributed by atoms with van der Waals surface area (Å²) in [4.78, 5) is 10.7. The molecule has 1 aromatic heterocycles. The fourth-order valence-corrected chi connectivity index (χ4v) is 1.78. The Morgan fingerprint density at radius 1 is 1.41 bits per heavy atom. The normalized spacial score (nSPS) is 12.0. The molecule has 1 heterocycles. The third-order valence-corrected chi connectivity index (χ3v) is 2.86. The van der Waals surface area contributed by atoms with Gasteiger partial charge in [0.05, 0.1) is 0 Å². The monoisotopic (exact) mass is 229 g/mol. The smallest absolute Gasteiger partial charge is 0.331 e. The molecule has 2 rings (SSSR count). The third-order valence-electron chi connectivity index (χ3n) is 2.86. The number of hydrogen-bond donors (Lipinski definition) is 1. The summed E-state index contributed by atoms with van der Waals surface area (Å²) in [6.45, 7) is 4.25. The second-order valence-corrected chi connectivity index (χ2v) is 4.22. The van der Waals surface area contributed by atoms with Gasteiger partial charge in [0.15, 0.2) is 0 Å². The van der Waals surface area contributed by atoms with Crippen molar-refractivity contribution < 1.29 is 9.90 Å². The Kier molecular flexibility index (Phi) is 3.00. The molecule has 0 saturated heterocycles. The molecule has 0 radical (unpaired) electrons. The molecule has 88 valence electrons. The first-order valence-corrected chi connectivity index (χ1v) is 5.53. The summed E-state index contributed by atoms with van der Waals surface area (Å²) in [5, 5.41) is 9.97. The average Bonchev–Trinajstić information content (AvgIpc) is 2.68. The minimum Gasteiger partial charge on any atom is -0.478 e. The number of hydrogen-bond acceptors (Lipinski definition) is 1. The summed E-state index contributed by atoms with van der Waals surface area (Å²) in [5.74, 6) is -0.863. The Labute approximate surface area is 100.0 Å². The van der Waals surface area contributed by atoms with Crippen LogP contribution in [0.1, 0.15) is 12.5 Å². The van der Waals surface area contributed by atoms with Crippen LogP contribution in [0.4, 0.5) is 0 Å². The lowest BCUT2D eigenvalue weighted by Crippen LogP contribution is -1.99. The van der Waals surface area contributed by atoms with Crippen LogP contribution in [0, 0.1) is 6.92 Å². The number of aryl methyl sites for hydroxylation is 1. The molecule has 0 unspecified atom stereocenters. The van der Waals surface area contributed by atoms with E-state index in [4.69, 9.17) is 5.11 Å². The van der Waals surface area contributed by atoms with Crippen LogP contribution in [-0.4, -0.2) is 15.6 Å². The third kappa shape index (κ3) is 2.38. The molecule has 0 fully saturated rings. The molecule has 0 aliphatic heterocycles. The number of benzene rings is 1. The van der Waals surface area contributed by atoms with Gasteiger partial charge in [0.2, 0.25) is 0 Å². The van der Waals surface area contributed by atoms with Crippen molar-refractivity contribution in [2.24, 2.45) is 0 Å². The molecule has 0 saturated carbocycles. The van der Waals surface area contributed by atoms with Gasteiger partial charge in [-0.3, -0.25) is 0 Å². The minimum absolute atomic E-state index is 0.375. The van der Waals surface area contributed by atoms with Crippen LogP contribution in [-0.2, 0) is 11.3 Å². The van der Waals surface area contributed by atoms with Crippen molar-refractivity contribution in [2.75, 3.05) is 0 Å². The van der Waals surface area contributed by atoms with Crippen molar-refractivity contribution in [3.05, 3.63) is 47.7 Å². The highest BCUT2D eigenvalue weighted by Crippen LogP contribution is 2.17. The number of rotatable bonds is 3. The molecule has 3 heteroatoms. The van der Waals surface area contributed by atoms with Crippen LogP contribution in [0.2, 0.25) is 0 Å². The first-order valence-electron chi connectivity index (χ1n) is 5.53. The standard InChI is InChI=1S/C14H15NO2/c1-10-3-4-12-6-8-15(13(12)9-10)7-5-11(2)14(16)17/h3-6,8-9H,7H2,1-2H3,(H,16,17). The Hall–Kier alpha value is -2.03. The van der Waals surface area contributed by atoms with Crippen LogP contribution in [0.3, 0.4) is 0 Å². The van der Waals surface area contributed by atoms with Crippen LogP contribution in [0.25, 0.3) is 10.9 Å². The average molecular weight is 229 g/mol. The Balaban J connectivity index is 2.34. The van der Waals surface area contributed by atoms with Gasteiger partial charge >= 0.3 is 5.97 Å². The Morgan fingerprint density at radius 2 is 2.18 bits per heavy atom. The van der Waals surface area contributed by atoms with Gasteiger partial charge < -0.3 is 9.67 Å². The highest BCUT2D eigenvalue weighted by Gasteiger charge is 2.02. The van der Waals surface area contributed by atoms with E-state index in [0.29, 0.717) is 12.1 Å². The van der Waals surface area contributed by atoms with E-state index < -0.39 is 5.97 Å². The van der Waals surface area contributed by atoms with Crippen LogP contribution >= 0.6 is 0 Å². The van der Waals surface area contributed by atoms with E-state index in [1.165, 1.54) is 10.9 Å². The molecule has 1 aromatic carbocycles. The van der Waals surface area contributed by atoms with Gasteiger partial charge in [-0.15, -0.1) is 0 Å². The van der Waals surface area contributed by atoms with E-state index in [0.717, 1.165) is 5.52 Å². The molecule has 17 heavy (non-hydrogen) atoms. The molecular weight excluding hydrogens is 214 g/mol. The number of carboxylic acid groups (broad SMARTS) is 1. The number of aromatic nitrogens is 1. The van der Waals surface area contributed by atoms with Crippen molar-refractivity contribution in [3.8, 4) is 0 Å². The fraction of sp³-hybridized carbons (Fsp3) is 0.214. The molecule has 0 aliphatic rings. The molecule has 0 spiro atoms. The van der Waals surface area contributed by atoms with Crippen molar-refractivity contribution in [3.63, 3.8) is 0 Å². The van der Waals surface area contributed by atoms with Crippen molar-refractivity contribution >= 4 is 16.9 Å². The topological polar surface area (TPSA) is 42.2 Å². The lowest BCUT2D eigenvalue weighted by Gasteiger charge is -2.03. The first-order chi connectivity index (χ1) is 8.08. The maximum Gasteiger partial charge on any atom is 0.331 e. The second kappa shape index (κ2) is 4.45. The SMILES string of the molecule is CC(=CCn1ccc2ccc(C)cc21)C(=O)O. The van der Waals surface area contributed by atoms with E-state index in [9.17, 15) is 4.79 Å². The quantitative estimate of drug-likeness (QED) is 0.822. The molecule has 0 amide bonds. The summed E-state index contributed by atoms with van der Waals surface area (Å²) in [5.41, 5.74) is 2.72. The molecule has 0 atom stereocenters. The molecule has 2 aromatic rings. The van der Waals surface area contributed by atoms with Gasteiger partial charge in [0, 0.05) is 23.8 Å². The Bertz CT molecular complexity index is 593. The summed E-state index contributed by atoms with van der Waals surface area (Å²) in [7, 11) is 0. The van der Waals surface area contributed by atoms with Crippen LogP contribution in [0.15, 0.2) is 42.1 Å². The van der Waals surface area contributed by atoms with Gasteiger partial charge in [-0.25, -0.2) is 4.79 Å². The maximum atomic E-state index is 10.7. The zero-order valence-corrected chi connectivity index (χ0v) is 9.97. The van der Waals surface area contributed by atoms with Crippen LogP contribution < -0.4 is 0 Å². The minimum atomic E-state index is -0.863. The number of nitrogens with zero attached hydrogens (tertiary/aromatic N) is 1. The summed E-state index contributed by atoms with van der Waals surface area (Å²) >= 11 is 0. The summed E-state index contributed by atoms with van der Waals surface area (Å²) in [6, 6.07) is 8.30. The van der Waals surface area contributed by atoms with Gasteiger partial charge in [0.25, 0.3) is 0 Å². The van der Waals surface area contributed by atoms with E-state index in [2.05, 4.69) is 29.7 Å².